The fourth-order valence-corrected chi connectivity index (χ4v) is 2.23. The van der Waals surface area contributed by atoms with Gasteiger partial charge in [0, 0.05) is 17.4 Å². The lowest BCUT2D eigenvalue weighted by Crippen LogP contribution is -2.20. The Morgan fingerprint density at radius 2 is 2.33 bits per heavy atom. The summed E-state index contributed by atoms with van der Waals surface area (Å²) < 4.78 is 14.5. The number of carbonyl (C=O) groups excluding carboxylic acids is 2. The number of halogens is 1. The van der Waals surface area contributed by atoms with Crippen LogP contribution >= 0.6 is 0 Å². The average Bonchev–Trinajstić information content (AvgIpc) is 2.94. The van der Waals surface area contributed by atoms with E-state index in [0.29, 0.717) is 16.9 Å². The number of nitrogens with zero attached hydrogens (tertiary/aromatic N) is 2. The molecule has 0 saturated carbocycles. The first-order valence-electron chi connectivity index (χ1n) is 6.20. The van der Waals surface area contributed by atoms with E-state index in [2.05, 4.69) is 15.7 Å². The largest absolute Gasteiger partial charge is 0.368 e. The van der Waals surface area contributed by atoms with Crippen molar-refractivity contribution in [2.75, 3.05) is 10.6 Å². The first kappa shape index (κ1) is 13.1. The zero-order valence-corrected chi connectivity index (χ0v) is 10.8. The highest BCUT2D eigenvalue weighted by atomic mass is 19.1. The van der Waals surface area contributed by atoms with Gasteiger partial charge < -0.3 is 16.4 Å². The fraction of sp³-hybridized carbons (Fsp3) is 0.154. The summed E-state index contributed by atoms with van der Waals surface area (Å²) in [5.41, 5.74) is 6.74. The Bertz CT molecular complexity index is 727. The first-order chi connectivity index (χ1) is 10.0. The third kappa shape index (κ3) is 2.55. The van der Waals surface area contributed by atoms with Crippen molar-refractivity contribution in [3.05, 3.63) is 42.0 Å². The number of anilines is 2. The van der Waals surface area contributed by atoms with Crippen molar-refractivity contribution >= 4 is 23.2 Å². The molecule has 1 atom stereocenters. The predicted octanol–water partition coefficient (Wildman–Crippen LogP) is 0.613. The van der Waals surface area contributed by atoms with Crippen LogP contribution in [0.15, 0.2) is 30.6 Å². The van der Waals surface area contributed by atoms with Crippen LogP contribution in [0, 0.1) is 5.82 Å². The van der Waals surface area contributed by atoms with Crippen LogP contribution < -0.4 is 16.4 Å². The van der Waals surface area contributed by atoms with Crippen molar-refractivity contribution in [1.82, 2.24) is 9.78 Å². The molecule has 1 aliphatic heterocycles. The van der Waals surface area contributed by atoms with Crippen molar-refractivity contribution in [2.45, 2.75) is 12.6 Å². The third-order valence-electron chi connectivity index (χ3n) is 3.11. The number of rotatable bonds is 4. The predicted molar refractivity (Wildman–Crippen MR) is 72.8 cm³/mol. The molecular formula is C13H12FN5O2. The Labute approximate surface area is 118 Å². The number of hydrogen-bond donors (Lipinski definition) is 3. The summed E-state index contributed by atoms with van der Waals surface area (Å²) >= 11 is 0. The highest BCUT2D eigenvalue weighted by Crippen LogP contribution is 2.33. The van der Waals surface area contributed by atoms with Crippen molar-refractivity contribution in [2.24, 2.45) is 5.73 Å². The molecule has 108 valence electrons. The van der Waals surface area contributed by atoms with Crippen molar-refractivity contribution < 1.29 is 14.0 Å². The van der Waals surface area contributed by atoms with Crippen LogP contribution in [-0.2, 0) is 16.1 Å². The minimum atomic E-state index is -0.633. The second kappa shape index (κ2) is 4.89. The topological polar surface area (TPSA) is 102 Å². The van der Waals surface area contributed by atoms with E-state index < -0.39 is 17.8 Å². The molecule has 1 aliphatic rings. The number of amides is 2. The maximum atomic E-state index is 13.1. The third-order valence-corrected chi connectivity index (χ3v) is 3.11. The van der Waals surface area contributed by atoms with E-state index in [1.54, 1.807) is 12.3 Å². The monoisotopic (exact) mass is 289 g/mol. The Balaban J connectivity index is 1.81. The van der Waals surface area contributed by atoms with E-state index in [-0.39, 0.29) is 12.5 Å². The van der Waals surface area contributed by atoms with Gasteiger partial charge >= 0.3 is 0 Å². The number of nitrogens with two attached hydrogens (primary N) is 1. The van der Waals surface area contributed by atoms with Crippen LogP contribution in [0.25, 0.3) is 0 Å². The molecule has 3 rings (SSSR count). The molecule has 2 heterocycles. The molecule has 1 unspecified atom stereocenters. The molecule has 0 bridgehead atoms. The lowest BCUT2D eigenvalue weighted by molar-refractivity contribution is -0.119. The fourth-order valence-electron chi connectivity index (χ4n) is 2.23. The summed E-state index contributed by atoms with van der Waals surface area (Å²) in [6.45, 7) is -0.0413. The summed E-state index contributed by atoms with van der Waals surface area (Å²) in [4.78, 5) is 22.7. The second-order valence-corrected chi connectivity index (χ2v) is 4.69. The molecule has 21 heavy (non-hydrogen) atoms. The van der Waals surface area contributed by atoms with E-state index in [4.69, 9.17) is 5.73 Å². The average molecular weight is 289 g/mol. The highest BCUT2D eigenvalue weighted by molar-refractivity contribution is 6.04. The Morgan fingerprint density at radius 1 is 1.52 bits per heavy atom. The van der Waals surface area contributed by atoms with E-state index >= 15 is 0 Å². The smallest absolute Gasteiger partial charge is 0.251 e. The summed E-state index contributed by atoms with van der Waals surface area (Å²) in [7, 11) is 0. The zero-order valence-electron chi connectivity index (χ0n) is 10.8. The molecule has 1 aromatic heterocycles. The van der Waals surface area contributed by atoms with Gasteiger partial charge in [-0.1, -0.05) is 6.07 Å². The Hall–Kier alpha value is -2.90. The zero-order chi connectivity index (χ0) is 15.0. The molecule has 0 aliphatic carbocycles. The molecule has 1 aromatic carbocycles. The maximum absolute atomic E-state index is 13.1. The number of benzene rings is 1. The molecule has 0 radical (unpaired) electrons. The molecule has 8 heteroatoms. The number of carbonyl (C=O) groups is 2. The molecule has 0 saturated heterocycles. The summed E-state index contributed by atoms with van der Waals surface area (Å²) in [6.07, 6.45) is 3.05. The van der Waals surface area contributed by atoms with E-state index in [1.165, 1.54) is 23.0 Å². The number of nitrogens with one attached hydrogen (secondary N) is 2. The van der Waals surface area contributed by atoms with Gasteiger partial charge in [-0.25, -0.2) is 4.39 Å². The van der Waals surface area contributed by atoms with Crippen LogP contribution in [0.4, 0.5) is 15.8 Å². The van der Waals surface area contributed by atoms with Gasteiger partial charge in [-0.15, -0.1) is 0 Å². The van der Waals surface area contributed by atoms with Gasteiger partial charge in [0.25, 0.3) is 5.91 Å². The van der Waals surface area contributed by atoms with Gasteiger partial charge in [-0.2, -0.15) is 5.10 Å². The van der Waals surface area contributed by atoms with Crippen molar-refractivity contribution in [1.29, 1.82) is 0 Å². The molecule has 2 amide bonds. The summed E-state index contributed by atoms with van der Waals surface area (Å²) in [5.74, 6) is -1.20. The molecule has 0 fully saturated rings. The van der Waals surface area contributed by atoms with Crippen molar-refractivity contribution in [3.8, 4) is 0 Å². The van der Waals surface area contributed by atoms with Crippen LogP contribution in [0.3, 0.4) is 0 Å². The molecular weight excluding hydrogens is 277 g/mol. The Kier molecular flexibility index (Phi) is 3.05. The van der Waals surface area contributed by atoms with Gasteiger partial charge in [-0.3, -0.25) is 14.3 Å². The van der Waals surface area contributed by atoms with Crippen molar-refractivity contribution in [3.63, 3.8) is 0 Å². The lowest BCUT2D eigenvalue weighted by Gasteiger charge is -2.10. The lowest BCUT2D eigenvalue weighted by atomic mass is 10.1. The van der Waals surface area contributed by atoms with E-state index in [0.717, 1.165) is 0 Å². The SMILES string of the molecule is NC(=O)Cn1cc(NC2C(=O)Nc3cc(F)ccc32)cn1. The van der Waals surface area contributed by atoms with E-state index in [9.17, 15) is 14.0 Å². The standard InChI is InChI=1S/C13H12FN5O2/c14-7-1-2-9-10(3-7)18-13(21)12(9)17-8-4-16-19(5-8)6-11(15)20/h1-5,12,17H,6H2,(H2,15,20)(H,18,21). The number of aromatic nitrogens is 2. The maximum Gasteiger partial charge on any atom is 0.251 e. The molecule has 2 aromatic rings. The molecule has 0 spiro atoms. The van der Waals surface area contributed by atoms with Gasteiger partial charge in [0.05, 0.1) is 11.9 Å². The molecule has 4 N–H and O–H groups in total. The van der Waals surface area contributed by atoms with Gasteiger partial charge in [0.1, 0.15) is 18.4 Å². The normalized spacial score (nSPS) is 16.4. The number of fused-ring (bicyclic) bond motifs is 1. The number of hydrogen-bond acceptors (Lipinski definition) is 4. The van der Waals surface area contributed by atoms with Crippen LogP contribution in [0.2, 0.25) is 0 Å². The quantitative estimate of drug-likeness (QED) is 0.767. The van der Waals surface area contributed by atoms with E-state index in [1.807, 2.05) is 0 Å². The molecule has 7 nitrogen and oxygen atoms in total. The summed E-state index contributed by atoms with van der Waals surface area (Å²) in [5, 5.41) is 9.55. The highest BCUT2D eigenvalue weighted by Gasteiger charge is 2.30. The van der Waals surface area contributed by atoms with Crippen LogP contribution in [-0.4, -0.2) is 21.6 Å². The first-order valence-corrected chi connectivity index (χ1v) is 6.20. The van der Waals surface area contributed by atoms with Crippen LogP contribution in [0.1, 0.15) is 11.6 Å². The number of primary amides is 1. The van der Waals surface area contributed by atoms with Gasteiger partial charge in [0.15, 0.2) is 0 Å². The van der Waals surface area contributed by atoms with Gasteiger partial charge in [0.2, 0.25) is 5.91 Å². The minimum Gasteiger partial charge on any atom is -0.368 e. The minimum absolute atomic E-state index is 0.0413. The summed E-state index contributed by atoms with van der Waals surface area (Å²) in [6, 6.07) is 3.48. The van der Waals surface area contributed by atoms with Crippen LogP contribution in [0.5, 0.6) is 0 Å². The van der Waals surface area contributed by atoms with Gasteiger partial charge in [-0.05, 0) is 12.1 Å². The second-order valence-electron chi connectivity index (χ2n) is 4.69. The Morgan fingerprint density at radius 3 is 3.10 bits per heavy atom.